The molecule has 0 spiro atoms. The summed E-state index contributed by atoms with van der Waals surface area (Å²) < 4.78 is 6.73. The highest BCUT2D eigenvalue weighted by Crippen LogP contribution is 2.20. The summed E-state index contributed by atoms with van der Waals surface area (Å²) in [5, 5.41) is 9.11. The van der Waals surface area contributed by atoms with E-state index in [-0.39, 0.29) is 5.56 Å². The van der Waals surface area contributed by atoms with Crippen LogP contribution < -0.4 is 5.56 Å². The molecule has 0 fully saturated rings. The molecule has 0 saturated heterocycles. The predicted molar refractivity (Wildman–Crippen MR) is 92.7 cm³/mol. The summed E-state index contributed by atoms with van der Waals surface area (Å²) in [5.41, 5.74) is 1.13. The second-order valence-corrected chi connectivity index (χ2v) is 6.21. The zero-order chi connectivity index (χ0) is 17.2. The van der Waals surface area contributed by atoms with E-state index < -0.39 is 0 Å². The molecule has 3 aromatic heterocycles. The Morgan fingerprint density at radius 2 is 2.08 bits per heavy atom. The van der Waals surface area contributed by atoms with Crippen molar-refractivity contribution in [3.8, 4) is 5.69 Å². The lowest BCUT2D eigenvalue weighted by molar-refractivity contribution is 0.378. The normalized spacial score (nSPS) is 11.2. The van der Waals surface area contributed by atoms with Crippen molar-refractivity contribution in [1.29, 1.82) is 0 Å². The molecule has 126 valence electrons. The minimum atomic E-state index is -0.225. The maximum absolute atomic E-state index is 12.3. The van der Waals surface area contributed by atoms with Gasteiger partial charge in [-0.25, -0.2) is 9.67 Å². The number of hydrogen-bond donors (Lipinski definition) is 1. The summed E-state index contributed by atoms with van der Waals surface area (Å²) in [4.78, 5) is 23.8. The highest BCUT2D eigenvalue weighted by Gasteiger charge is 2.13. The molecule has 0 radical (unpaired) electrons. The van der Waals surface area contributed by atoms with Crippen molar-refractivity contribution in [2.75, 3.05) is 0 Å². The van der Waals surface area contributed by atoms with Crippen LogP contribution in [0.1, 0.15) is 18.6 Å². The fraction of sp³-hybridized carbons (Fsp3) is 0.188. The van der Waals surface area contributed by atoms with E-state index in [0.717, 1.165) is 5.69 Å². The number of hydrogen-bond acceptors (Lipinski definition) is 7. The van der Waals surface area contributed by atoms with Crippen molar-refractivity contribution in [2.45, 2.75) is 24.3 Å². The Balaban J connectivity index is 1.67. The molecular formula is C16H14N6O2S. The lowest BCUT2D eigenvalue weighted by Gasteiger charge is -2.03. The van der Waals surface area contributed by atoms with Crippen molar-refractivity contribution in [2.24, 2.45) is 0 Å². The topological polar surface area (TPSA) is 102 Å². The van der Waals surface area contributed by atoms with Crippen molar-refractivity contribution in [3.05, 3.63) is 58.6 Å². The lowest BCUT2D eigenvalue weighted by Crippen LogP contribution is -2.09. The quantitative estimate of drug-likeness (QED) is 0.433. The van der Waals surface area contributed by atoms with Crippen LogP contribution in [0.3, 0.4) is 0 Å². The Kier molecular flexibility index (Phi) is 4.06. The maximum atomic E-state index is 12.3. The fourth-order valence-corrected chi connectivity index (χ4v) is 3.05. The molecule has 4 aromatic rings. The van der Waals surface area contributed by atoms with Crippen LogP contribution >= 0.6 is 11.8 Å². The fourth-order valence-electron chi connectivity index (χ4n) is 2.35. The second-order valence-electron chi connectivity index (χ2n) is 5.25. The monoisotopic (exact) mass is 354 g/mol. The molecule has 4 rings (SSSR count). The summed E-state index contributed by atoms with van der Waals surface area (Å²) in [6.07, 6.45) is 2.21. The van der Waals surface area contributed by atoms with Gasteiger partial charge in [0.25, 0.3) is 5.56 Å². The second kappa shape index (κ2) is 6.52. The number of para-hydroxylation sites is 1. The Labute approximate surface area is 146 Å². The zero-order valence-electron chi connectivity index (χ0n) is 13.3. The standard InChI is InChI=1S/C16H14N6O2S/c1-2-13-18-12(21-24-13)9-25-16-19-14-11(15(23)20-16)8-17-22(14)10-6-4-3-5-7-10/h3-8H,2,9H2,1H3,(H,19,20,23). The lowest BCUT2D eigenvalue weighted by atomic mass is 10.3. The van der Waals surface area contributed by atoms with Gasteiger partial charge in [-0.15, -0.1) is 0 Å². The SMILES string of the molecule is CCc1nc(CSc2nc3c(cnn3-c3ccccc3)c(=O)[nH]2)no1. The maximum Gasteiger partial charge on any atom is 0.262 e. The zero-order valence-corrected chi connectivity index (χ0v) is 14.2. The number of rotatable bonds is 5. The third-order valence-corrected chi connectivity index (χ3v) is 4.44. The molecule has 8 nitrogen and oxygen atoms in total. The van der Waals surface area contributed by atoms with Gasteiger partial charge in [-0.05, 0) is 12.1 Å². The third-order valence-electron chi connectivity index (χ3n) is 3.57. The molecule has 0 saturated carbocycles. The first kappa shape index (κ1) is 15.6. The van der Waals surface area contributed by atoms with Crippen LogP contribution in [-0.4, -0.2) is 29.9 Å². The van der Waals surface area contributed by atoms with Crippen molar-refractivity contribution in [1.82, 2.24) is 29.9 Å². The van der Waals surface area contributed by atoms with E-state index in [1.54, 1.807) is 4.68 Å². The van der Waals surface area contributed by atoms with Gasteiger partial charge in [0.2, 0.25) is 5.89 Å². The highest BCUT2D eigenvalue weighted by molar-refractivity contribution is 7.98. The number of thioether (sulfide) groups is 1. The Morgan fingerprint density at radius 1 is 1.24 bits per heavy atom. The van der Waals surface area contributed by atoms with Gasteiger partial charge in [-0.2, -0.15) is 10.1 Å². The predicted octanol–water partition coefficient (Wildman–Crippen LogP) is 2.35. The molecule has 0 aliphatic heterocycles. The number of nitrogens with one attached hydrogen (secondary N) is 1. The van der Waals surface area contributed by atoms with Gasteiger partial charge in [0.15, 0.2) is 16.6 Å². The largest absolute Gasteiger partial charge is 0.339 e. The van der Waals surface area contributed by atoms with Crippen molar-refractivity contribution >= 4 is 22.8 Å². The van der Waals surface area contributed by atoms with Gasteiger partial charge in [0, 0.05) is 6.42 Å². The molecule has 3 heterocycles. The van der Waals surface area contributed by atoms with Gasteiger partial charge in [-0.3, -0.25) is 4.79 Å². The van der Waals surface area contributed by atoms with Crippen LogP contribution in [0, 0.1) is 0 Å². The number of aromatic amines is 1. The van der Waals surface area contributed by atoms with Crippen LogP contribution in [0.25, 0.3) is 16.7 Å². The molecule has 1 aromatic carbocycles. The van der Waals surface area contributed by atoms with Gasteiger partial charge in [0.05, 0.1) is 17.6 Å². The number of nitrogens with zero attached hydrogens (tertiary/aromatic N) is 5. The molecule has 1 N–H and O–H groups in total. The van der Waals surface area contributed by atoms with Crippen LogP contribution in [0.5, 0.6) is 0 Å². The Bertz CT molecular complexity index is 1070. The Hall–Kier alpha value is -2.94. The van der Waals surface area contributed by atoms with E-state index in [9.17, 15) is 4.79 Å². The van der Waals surface area contributed by atoms with E-state index in [0.29, 0.717) is 40.1 Å². The van der Waals surface area contributed by atoms with E-state index in [1.807, 2.05) is 37.3 Å². The molecule has 0 bridgehead atoms. The smallest absolute Gasteiger partial charge is 0.262 e. The van der Waals surface area contributed by atoms with Crippen LogP contribution in [0.2, 0.25) is 0 Å². The minimum Gasteiger partial charge on any atom is -0.339 e. The summed E-state index contributed by atoms with van der Waals surface area (Å²) in [7, 11) is 0. The molecule has 0 amide bonds. The van der Waals surface area contributed by atoms with E-state index in [2.05, 4.69) is 25.2 Å². The summed E-state index contributed by atoms with van der Waals surface area (Å²) in [5.74, 6) is 1.62. The minimum absolute atomic E-state index is 0.225. The molecule has 9 heteroatoms. The molecule has 25 heavy (non-hydrogen) atoms. The van der Waals surface area contributed by atoms with E-state index in [1.165, 1.54) is 18.0 Å². The number of aromatic nitrogens is 6. The van der Waals surface area contributed by atoms with Crippen molar-refractivity contribution in [3.63, 3.8) is 0 Å². The molecule has 0 unspecified atom stereocenters. The van der Waals surface area contributed by atoms with Gasteiger partial charge in [-0.1, -0.05) is 42.0 Å². The number of H-pyrrole nitrogens is 1. The average Bonchev–Trinajstić information content (AvgIpc) is 3.27. The molecule has 0 atom stereocenters. The summed E-state index contributed by atoms with van der Waals surface area (Å²) in [6.45, 7) is 1.95. The summed E-state index contributed by atoms with van der Waals surface area (Å²) in [6, 6.07) is 9.56. The van der Waals surface area contributed by atoms with Crippen LogP contribution in [0.4, 0.5) is 0 Å². The number of benzene rings is 1. The van der Waals surface area contributed by atoms with E-state index in [4.69, 9.17) is 4.52 Å². The van der Waals surface area contributed by atoms with Crippen LogP contribution in [-0.2, 0) is 12.2 Å². The van der Waals surface area contributed by atoms with Crippen LogP contribution in [0.15, 0.2) is 51.0 Å². The number of aryl methyl sites for hydroxylation is 1. The first-order valence-electron chi connectivity index (χ1n) is 7.72. The average molecular weight is 354 g/mol. The van der Waals surface area contributed by atoms with Gasteiger partial charge in [0.1, 0.15) is 5.39 Å². The van der Waals surface area contributed by atoms with Gasteiger partial charge >= 0.3 is 0 Å². The molecule has 0 aliphatic rings. The first-order valence-corrected chi connectivity index (χ1v) is 8.71. The molecular weight excluding hydrogens is 340 g/mol. The van der Waals surface area contributed by atoms with E-state index >= 15 is 0 Å². The van der Waals surface area contributed by atoms with Crippen molar-refractivity contribution < 1.29 is 4.52 Å². The summed E-state index contributed by atoms with van der Waals surface area (Å²) >= 11 is 1.34. The number of fused-ring (bicyclic) bond motifs is 1. The Morgan fingerprint density at radius 3 is 2.84 bits per heavy atom. The first-order chi connectivity index (χ1) is 12.2. The molecule has 0 aliphatic carbocycles. The third kappa shape index (κ3) is 3.05. The highest BCUT2D eigenvalue weighted by atomic mass is 32.2. The van der Waals surface area contributed by atoms with Gasteiger partial charge < -0.3 is 9.51 Å².